The van der Waals surface area contributed by atoms with Gasteiger partial charge in [0.25, 0.3) is 10.1 Å². The summed E-state index contributed by atoms with van der Waals surface area (Å²) >= 11 is 5.74. The van der Waals surface area contributed by atoms with Crippen LogP contribution in [0.4, 0.5) is 0 Å². The van der Waals surface area contributed by atoms with Crippen LogP contribution in [0.5, 0.6) is 0 Å². The Bertz CT molecular complexity index is 397. The average molecular weight is 235 g/mol. The van der Waals surface area contributed by atoms with Crippen molar-refractivity contribution >= 4 is 21.7 Å². The molecule has 0 bridgehead atoms. The lowest BCUT2D eigenvalue weighted by molar-refractivity contribution is 0.295. The fourth-order valence-electron chi connectivity index (χ4n) is 0.927. The van der Waals surface area contributed by atoms with Crippen molar-refractivity contribution in [3.63, 3.8) is 0 Å². The van der Waals surface area contributed by atoms with Crippen LogP contribution in [0, 0.1) is 6.92 Å². The summed E-state index contributed by atoms with van der Waals surface area (Å²) in [6.45, 7) is 1.93. The minimum Gasteiger partial charge on any atom is -0.246 e. The van der Waals surface area contributed by atoms with Gasteiger partial charge in [-0.05, 0) is 12.5 Å². The van der Waals surface area contributed by atoms with Crippen LogP contribution in [0.1, 0.15) is 16.7 Å². The van der Waals surface area contributed by atoms with Crippen molar-refractivity contribution in [2.75, 3.05) is 6.26 Å². The molecule has 0 fully saturated rings. The zero-order chi connectivity index (χ0) is 10.8. The smallest absolute Gasteiger partial charge is 0.246 e. The van der Waals surface area contributed by atoms with Gasteiger partial charge in [0.15, 0.2) is 5.56 Å². The molecule has 0 radical (unpaired) electrons. The van der Waals surface area contributed by atoms with Crippen molar-refractivity contribution in [3.8, 4) is 0 Å². The van der Waals surface area contributed by atoms with Gasteiger partial charge < -0.3 is 0 Å². The van der Waals surface area contributed by atoms with E-state index in [1.54, 1.807) is 12.1 Å². The molecule has 0 aliphatic carbocycles. The first kappa shape index (κ1) is 11.5. The van der Waals surface area contributed by atoms with Crippen LogP contribution in [0.2, 0.25) is 0 Å². The van der Waals surface area contributed by atoms with Crippen molar-refractivity contribution in [1.29, 1.82) is 0 Å². The molecule has 0 spiro atoms. The number of aryl methyl sites for hydroxylation is 1. The maximum Gasteiger partial charge on any atom is 0.266 e. The van der Waals surface area contributed by atoms with E-state index >= 15 is 0 Å². The van der Waals surface area contributed by atoms with Gasteiger partial charge in [0.05, 0.1) is 6.26 Å². The predicted octanol–water partition coefficient (Wildman–Crippen LogP) is 2.21. The fourth-order valence-corrected chi connectivity index (χ4v) is 1.89. The molecule has 3 nitrogen and oxygen atoms in total. The molecule has 1 rings (SSSR count). The predicted molar refractivity (Wildman–Crippen MR) is 55.7 cm³/mol. The Morgan fingerprint density at radius 2 is 1.79 bits per heavy atom. The summed E-state index contributed by atoms with van der Waals surface area (Å²) in [6, 6.07) is 7.16. The number of alkyl halides is 1. The second-order valence-electron chi connectivity index (χ2n) is 3.03. The Labute approximate surface area is 88.8 Å². The summed E-state index contributed by atoms with van der Waals surface area (Å²) in [5.74, 6) is 0. The number of hydrogen-bond acceptors (Lipinski definition) is 3. The molecule has 0 aliphatic rings. The summed E-state index contributed by atoms with van der Waals surface area (Å²) in [5, 5.41) is 0. The number of halogens is 1. The van der Waals surface area contributed by atoms with E-state index in [0.717, 1.165) is 11.8 Å². The quantitative estimate of drug-likeness (QED) is 0.595. The molecule has 5 heteroatoms. The summed E-state index contributed by atoms with van der Waals surface area (Å²) in [7, 11) is -3.51. The van der Waals surface area contributed by atoms with E-state index in [9.17, 15) is 8.42 Å². The van der Waals surface area contributed by atoms with E-state index in [4.69, 9.17) is 11.6 Å². The Morgan fingerprint density at radius 3 is 2.21 bits per heavy atom. The second kappa shape index (κ2) is 4.29. The average Bonchev–Trinajstić information content (AvgIpc) is 2.02. The van der Waals surface area contributed by atoms with E-state index in [1.165, 1.54) is 0 Å². The van der Waals surface area contributed by atoms with Gasteiger partial charge in [0.1, 0.15) is 0 Å². The van der Waals surface area contributed by atoms with Crippen LogP contribution >= 0.6 is 11.6 Å². The standard InChI is InChI=1S/C9H11ClO3S/c1-7-3-5-8(6-4-7)9(10)13-14(2,11)12/h3-6,9H,1-2H3. The molecule has 0 amide bonds. The van der Waals surface area contributed by atoms with Crippen molar-refractivity contribution in [2.24, 2.45) is 0 Å². The van der Waals surface area contributed by atoms with Crippen LogP contribution in [0.3, 0.4) is 0 Å². The van der Waals surface area contributed by atoms with E-state index in [2.05, 4.69) is 4.18 Å². The highest BCUT2D eigenvalue weighted by atomic mass is 35.5. The monoisotopic (exact) mass is 234 g/mol. The van der Waals surface area contributed by atoms with Gasteiger partial charge in [-0.25, -0.2) is 4.18 Å². The normalized spacial score (nSPS) is 13.9. The second-order valence-corrected chi connectivity index (χ2v) is 5.02. The van der Waals surface area contributed by atoms with Crippen molar-refractivity contribution in [1.82, 2.24) is 0 Å². The molecule has 1 unspecified atom stereocenters. The lowest BCUT2D eigenvalue weighted by atomic mass is 10.2. The molecule has 14 heavy (non-hydrogen) atoms. The third kappa shape index (κ3) is 3.65. The topological polar surface area (TPSA) is 43.4 Å². The highest BCUT2D eigenvalue weighted by molar-refractivity contribution is 7.86. The maximum atomic E-state index is 10.8. The van der Waals surface area contributed by atoms with Crippen LogP contribution in [0.15, 0.2) is 24.3 Å². The Kier molecular flexibility index (Phi) is 3.53. The third-order valence-electron chi connectivity index (χ3n) is 1.60. The zero-order valence-corrected chi connectivity index (χ0v) is 9.47. The third-order valence-corrected chi connectivity index (χ3v) is 2.59. The van der Waals surface area contributed by atoms with E-state index in [0.29, 0.717) is 5.56 Å². The van der Waals surface area contributed by atoms with Crippen molar-refractivity contribution in [3.05, 3.63) is 35.4 Å². The first-order valence-electron chi connectivity index (χ1n) is 3.97. The molecule has 1 aromatic carbocycles. The maximum absolute atomic E-state index is 10.8. The summed E-state index contributed by atoms with van der Waals surface area (Å²) in [6.07, 6.45) is 0.969. The van der Waals surface area contributed by atoms with Crippen LogP contribution in [-0.4, -0.2) is 14.7 Å². The molecule has 78 valence electrons. The van der Waals surface area contributed by atoms with Gasteiger partial charge in [-0.15, -0.1) is 0 Å². The Hall–Kier alpha value is -0.580. The highest BCUT2D eigenvalue weighted by Crippen LogP contribution is 2.23. The van der Waals surface area contributed by atoms with Gasteiger partial charge in [0.2, 0.25) is 0 Å². The zero-order valence-electron chi connectivity index (χ0n) is 7.90. The summed E-state index contributed by atoms with van der Waals surface area (Å²) in [4.78, 5) is 0. The van der Waals surface area contributed by atoms with E-state index in [1.807, 2.05) is 19.1 Å². The molecule has 0 aliphatic heterocycles. The lowest BCUT2D eigenvalue weighted by Crippen LogP contribution is -2.05. The molecule has 1 atom stereocenters. The van der Waals surface area contributed by atoms with Crippen LogP contribution in [-0.2, 0) is 14.3 Å². The molecular formula is C9H11ClO3S. The molecule has 1 aromatic rings. The van der Waals surface area contributed by atoms with Crippen LogP contribution < -0.4 is 0 Å². The molecular weight excluding hydrogens is 224 g/mol. The SMILES string of the molecule is Cc1ccc(C(Cl)OS(C)(=O)=O)cc1. The minimum absolute atomic E-state index is 0.627. The number of hydrogen-bond donors (Lipinski definition) is 0. The van der Waals surface area contributed by atoms with Gasteiger partial charge in [-0.2, -0.15) is 8.42 Å². The summed E-state index contributed by atoms with van der Waals surface area (Å²) in [5.41, 5.74) is 0.755. The van der Waals surface area contributed by atoms with E-state index in [-0.39, 0.29) is 0 Å². The van der Waals surface area contributed by atoms with E-state index < -0.39 is 15.7 Å². The number of benzene rings is 1. The van der Waals surface area contributed by atoms with Crippen molar-refractivity contribution in [2.45, 2.75) is 12.5 Å². The minimum atomic E-state index is -3.51. The largest absolute Gasteiger partial charge is 0.266 e. The van der Waals surface area contributed by atoms with Crippen molar-refractivity contribution < 1.29 is 12.6 Å². The first-order chi connectivity index (χ1) is 6.38. The lowest BCUT2D eigenvalue weighted by Gasteiger charge is -2.08. The van der Waals surface area contributed by atoms with Gasteiger partial charge in [-0.3, -0.25) is 0 Å². The fraction of sp³-hybridized carbons (Fsp3) is 0.333. The Morgan fingerprint density at radius 1 is 1.29 bits per heavy atom. The molecule has 0 saturated heterocycles. The first-order valence-corrected chi connectivity index (χ1v) is 6.23. The van der Waals surface area contributed by atoms with Gasteiger partial charge in [0, 0.05) is 0 Å². The highest BCUT2D eigenvalue weighted by Gasteiger charge is 2.13. The molecule has 0 heterocycles. The molecule has 0 N–H and O–H groups in total. The van der Waals surface area contributed by atoms with Gasteiger partial charge >= 0.3 is 0 Å². The molecule has 0 aromatic heterocycles. The summed E-state index contributed by atoms with van der Waals surface area (Å²) < 4.78 is 26.2. The number of rotatable bonds is 3. The van der Waals surface area contributed by atoms with Crippen LogP contribution in [0.25, 0.3) is 0 Å². The molecule has 0 saturated carbocycles. The Balaban J connectivity index is 2.80. The van der Waals surface area contributed by atoms with Gasteiger partial charge in [-0.1, -0.05) is 41.4 Å².